The molecule has 0 atom stereocenters. The number of carbonyl (C=O) groups excluding carboxylic acids is 1. The Morgan fingerprint density at radius 1 is 1.14 bits per heavy atom. The first kappa shape index (κ1) is 27.2. The molecule has 0 fully saturated rings. The number of ether oxygens (including phenoxy) is 1. The molecule has 0 aliphatic heterocycles. The number of oxazole rings is 1. The largest absolute Gasteiger partial charge is 0.478 e. The molecule has 0 bridgehead atoms. The predicted molar refractivity (Wildman–Crippen MR) is 138 cm³/mol. The molecule has 0 aliphatic carbocycles. The quantitative estimate of drug-likeness (QED) is 0.343. The van der Waals surface area contributed by atoms with Crippen LogP contribution in [0.15, 0.2) is 40.8 Å². The van der Waals surface area contributed by atoms with E-state index in [4.69, 9.17) is 20.8 Å². The maximum absolute atomic E-state index is 12.3. The lowest BCUT2D eigenvalue weighted by atomic mass is 10.0. The SMILES string of the molecule is Cc1cc(CNCC(=O)NCCc2nc(-c3cccc(Cl)c3)oc2C)cc(C)c1OC(C)(C)C(=O)O. The van der Waals surface area contributed by atoms with Gasteiger partial charge in [-0.2, -0.15) is 0 Å². The number of amides is 1. The van der Waals surface area contributed by atoms with Crippen molar-refractivity contribution in [2.45, 2.75) is 53.2 Å². The first-order valence-electron chi connectivity index (χ1n) is 11.7. The molecule has 0 aliphatic rings. The van der Waals surface area contributed by atoms with E-state index in [1.54, 1.807) is 12.1 Å². The minimum atomic E-state index is -1.32. The highest BCUT2D eigenvalue weighted by molar-refractivity contribution is 6.30. The van der Waals surface area contributed by atoms with Crippen LogP contribution in [0.1, 0.15) is 42.0 Å². The number of halogens is 1. The number of aliphatic carboxylic acids is 1. The lowest BCUT2D eigenvalue weighted by Gasteiger charge is -2.24. The Bertz CT molecular complexity index is 1230. The van der Waals surface area contributed by atoms with Gasteiger partial charge in [0.15, 0.2) is 5.60 Å². The van der Waals surface area contributed by atoms with Crippen LogP contribution in [0.5, 0.6) is 5.75 Å². The van der Waals surface area contributed by atoms with Gasteiger partial charge >= 0.3 is 5.97 Å². The summed E-state index contributed by atoms with van der Waals surface area (Å²) in [5, 5.41) is 16.0. The first-order chi connectivity index (χ1) is 17.0. The van der Waals surface area contributed by atoms with E-state index in [2.05, 4.69) is 15.6 Å². The van der Waals surface area contributed by atoms with Crippen molar-refractivity contribution in [3.05, 3.63) is 69.6 Å². The second kappa shape index (κ2) is 11.6. The van der Waals surface area contributed by atoms with Crippen LogP contribution in [0.3, 0.4) is 0 Å². The number of aryl methyl sites for hydroxylation is 3. The van der Waals surface area contributed by atoms with Crippen molar-refractivity contribution in [1.29, 1.82) is 0 Å². The molecule has 3 N–H and O–H groups in total. The third kappa shape index (κ3) is 7.08. The molecule has 3 rings (SSSR count). The second-order valence-corrected chi connectivity index (χ2v) is 9.65. The number of carbonyl (C=O) groups is 2. The van der Waals surface area contributed by atoms with Gasteiger partial charge in [0.1, 0.15) is 11.5 Å². The van der Waals surface area contributed by atoms with Crippen LogP contribution in [0.2, 0.25) is 5.02 Å². The molecule has 3 aromatic rings. The minimum Gasteiger partial charge on any atom is -0.478 e. The Labute approximate surface area is 216 Å². The lowest BCUT2D eigenvalue weighted by Crippen LogP contribution is -2.38. The van der Waals surface area contributed by atoms with Gasteiger partial charge in [-0.3, -0.25) is 4.79 Å². The topological polar surface area (TPSA) is 114 Å². The van der Waals surface area contributed by atoms with Crippen molar-refractivity contribution in [3.63, 3.8) is 0 Å². The summed E-state index contributed by atoms with van der Waals surface area (Å²) in [5.41, 5.74) is 2.93. The molecule has 0 unspecified atom stereocenters. The second-order valence-electron chi connectivity index (χ2n) is 9.21. The van der Waals surface area contributed by atoms with Gasteiger partial charge in [-0.05, 0) is 69.5 Å². The average Bonchev–Trinajstić information content (AvgIpc) is 3.17. The summed E-state index contributed by atoms with van der Waals surface area (Å²) in [6.45, 7) is 9.72. The standard InChI is InChI=1S/C27H32ClN3O5/c1-16-11-19(12-17(2)24(16)36-27(4,5)26(33)34)14-29-15-23(32)30-10-9-22-18(3)35-25(31-22)20-7-6-8-21(28)13-20/h6-8,11-13,29H,9-10,14-15H2,1-5H3,(H,30,32)(H,33,34). The van der Waals surface area contributed by atoms with Gasteiger partial charge in [-0.1, -0.05) is 29.8 Å². The third-order valence-electron chi connectivity index (χ3n) is 5.66. The normalized spacial score (nSPS) is 11.4. The summed E-state index contributed by atoms with van der Waals surface area (Å²) < 4.78 is 11.5. The van der Waals surface area contributed by atoms with Crippen LogP contribution >= 0.6 is 11.6 Å². The van der Waals surface area contributed by atoms with Crippen LogP contribution in [-0.2, 0) is 22.6 Å². The monoisotopic (exact) mass is 513 g/mol. The molecule has 0 saturated heterocycles. The van der Waals surface area contributed by atoms with Crippen molar-refractivity contribution in [1.82, 2.24) is 15.6 Å². The summed E-state index contributed by atoms with van der Waals surface area (Å²) >= 11 is 6.05. The molecule has 1 aromatic heterocycles. The lowest BCUT2D eigenvalue weighted by molar-refractivity contribution is -0.152. The fourth-order valence-corrected chi connectivity index (χ4v) is 3.90. The van der Waals surface area contributed by atoms with E-state index in [0.717, 1.165) is 27.9 Å². The van der Waals surface area contributed by atoms with Crippen molar-refractivity contribution in [3.8, 4) is 17.2 Å². The molecule has 1 amide bonds. The van der Waals surface area contributed by atoms with E-state index in [9.17, 15) is 14.7 Å². The van der Waals surface area contributed by atoms with E-state index in [1.807, 2.05) is 45.0 Å². The van der Waals surface area contributed by atoms with E-state index < -0.39 is 11.6 Å². The highest BCUT2D eigenvalue weighted by Crippen LogP contribution is 2.29. The van der Waals surface area contributed by atoms with Gasteiger partial charge in [0, 0.05) is 30.1 Å². The highest BCUT2D eigenvalue weighted by Gasteiger charge is 2.30. The van der Waals surface area contributed by atoms with Gasteiger partial charge in [0.2, 0.25) is 11.8 Å². The van der Waals surface area contributed by atoms with Crippen molar-refractivity contribution in [2.75, 3.05) is 13.1 Å². The highest BCUT2D eigenvalue weighted by atomic mass is 35.5. The number of nitrogens with zero attached hydrogens (tertiary/aromatic N) is 1. The molecule has 0 radical (unpaired) electrons. The molecule has 8 nitrogen and oxygen atoms in total. The molecular weight excluding hydrogens is 482 g/mol. The summed E-state index contributed by atoms with van der Waals surface area (Å²) in [6, 6.07) is 11.2. The summed E-state index contributed by atoms with van der Waals surface area (Å²) in [4.78, 5) is 28.2. The van der Waals surface area contributed by atoms with Crippen molar-refractivity contribution >= 4 is 23.5 Å². The van der Waals surface area contributed by atoms with Crippen molar-refractivity contribution in [2.24, 2.45) is 0 Å². The summed E-state index contributed by atoms with van der Waals surface area (Å²) in [7, 11) is 0. The number of hydrogen-bond acceptors (Lipinski definition) is 6. The van der Waals surface area contributed by atoms with Gasteiger partial charge in [-0.25, -0.2) is 9.78 Å². The molecule has 0 saturated carbocycles. The molecule has 0 spiro atoms. The number of carboxylic acid groups (broad SMARTS) is 1. The number of carboxylic acids is 1. The van der Waals surface area contributed by atoms with Crippen LogP contribution in [-0.4, -0.2) is 40.7 Å². The smallest absolute Gasteiger partial charge is 0.347 e. The number of rotatable bonds is 11. The van der Waals surface area contributed by atoms with E-state index >= 15 is 0 Å². The molecule has 1 heterocycles. The zero-order valence-electron chi connectivity index (χ0n) is 21.2. The number of benzene rings is 2. The zero-order valence-corrected chi connectivity index (χ0v) is 22.0. The van der Waals surface area contributed by atoms with Crippen molar-refractivity contribution < 1.29 is 23.8 Å². The van der Waals surface area contributed by atoms with Gasteiger partial charge in [0.05, 0.1) is 12.2 Å². The number of nitrogens with one attached hydrogen (secondary N) is 2. The predicted octanol–water partition coefficient (Wildman–Crippen LogP) is 4.61. The number of aromatic nitrogens is 1. The van der Waals surface area contributed by atoms with Crippen LogP contribution in [0, 0.1) is 20.8 Å². The summed E-state index contributed by atoms with van der Waals surface area (Å²) in [6.07, 6.45) is 0.550. The van der Waals surface area contributed by atoms with E-state index in [0.29, 0.717) is 41.9 Å². The maximum atomic E-state index is 12.3. The Morgan fingerprint density at radius 3 is 2.47 bits per heavy atom. The van der Waals surface area contributed by atoms with Crippen LogP contribution in [0.4, 0.5) is 0 Å². The van der Waals surface area contributed by atoms with Gasteiger partial charge in [0.25, 0.3) is 0 Å². The van der Waals surface area contributed by atoms with Gasteiger partial charge < -0.3 is 24.9 Å². The minimum absolute atomic E-state index is 0.122. The molecular formula is C27H32ClN3O5. The fraction of sp³-hybridized carbons (Fsp3) is 0.370. The molecule has 192 valence electrons. The Morgan fingerprint density at radius 2 is 1.83 bits per heavy atom. The Hall–Kier alpha value is -3.36. The first-order valence-corrected chi connectivity index (χ1v) is 12.1. The zero-order chi connectivity index (χ0) is 26.5. The van der Waals surface area contributed by atoms with Gasteiger partial charge in [-0.15, -0.1) is 0 Å². The Kier molecular flexibility index (Phi) is 8.76. The fourth-order valence-electron chi connectivity index (χ4n) is 3.71. The summed E-state index contributed by atoms with van der Waals surface area (Å²) in [5.74, 6) is 0.625. The molecule has 36 heavy (non-hydrogen) atoms. The van der Waals surface area contributed by atoms with E-state index in [-0.39, 0.29) is 12.5 Å². The van der Waals surface area contributed by atoms with E-state index in [1.165, 1.54) is 13.8 Å². The third-order valence-corrected chi connectivity index (χ3v) is 5.89. The Balaban J connectivity index is 1.46. The maximum Gasteiger partial charge on any atom is 0.347 e. The molecule has 2 aromatic carbocycles. The average molecular weight is 514 g/mol. The number of hydrogen-bond donors (Lipinski definition) is 3. The van der Waals surface area contributed by atoms with Crippen LogP contribution < -0.4 is 15.4 Å². The molecule has 9 heteroatoms. The van der Waals surface area contributed by atoms with Crippen LogP contribution in [0.25, 0.3) is 11.5 Å².